The van der Waals surface area contributed by atoms with Crippen molar-refractivity contribution in [3.8, 4) is 17.2 Å². The summed E-state index contributed by atoms with van der Waals surface area (Å²) < 4.78 is 16.5. The molecule has 0 N–H and O–H groups in total. The summed E-state index contributed by atoms with van der Waals surface area (Å²) in [6.45, 7) is 10.0. The average molecular weight is 448 g/mol. The largest absolute Gasteiger partial charge is 0.493 e. The number of carbonyl (C=O) groups excluding carboxylic acids is 1. The standard InChI is InChI=1S/C23H33N3O4S/c1-15(2)13-19-24-16(3)22(31-19)23(27)26-11-9-25(10-12-26)14-17-7-8-18(28-4)21(30-6)20(17)29-5/h7-8,15H,9-14H2,1-6H3. The number of aryl methyl sites for hydroxylation is 1. The van der Waals surface area contributed by atoms with Gasteiger partial charge in [-0.3, -0.25) is 9.69 Å². The van der Waals surface area contributed by atoms with Gasteiger partial charge in [-0.2, -0.15) is 0 Å². The van der Waals surface area contributed by atoms with Crippen molar-refractivity contribution in [1.82, 2.24) is 14.8 Å². The van der Waals surface area contributed by atoms with Crippen molar-refractivity contribution in [2.75, 3.05) is 47.5 Å². The first-order chi connectivity index (χ1) is 14.9. The van der Waals surface area contributed by atoms with Gasteiger partial charge in [-0.05, 0) is 18.9 Å². The summed E-state index contributed by atoms with van der Waals surface area (Å²) in [4.78, 5) is 22.7. The molecule has 1 aromatic carbocycles. The van der Waals surface area contributed by atoms with Crippen LogP contribution in [0.3, 0.4) is 0 Å². The van der Waals surface area contributed by atoms with Gasteiger partial charge in [0.25, 0.3) is 5.91 Å². The van der Waals surface area contributed by atoms with Crippen molar-refractivity contribution < 1.29 is 19.0 Å². The van der Waals surface area contributed by atoms with E-state index in [4.69, 9.17) is 14.2 Å². The van der Waals surface area contributed by atoms with Gasteiger partial charge in [0, 0.05) is 44.7 Å². The van der Waals surface area contributed by atoms with Gasteiger partial charge in [0.1, 0.15) is 4.88 Å². The lowest BCUT2D eigenvalue weighted by Crippen LogP contribution is -2.48. The highest BCUT2D eigenvalue weighted by Crippen LogP contribution is 2.40. The van der Waals surface area contributed by atoms with E-state index < -0.39 is 0 Å². The van der Waals surface area contributed by atoms with Gasteiger partial charge in [0.15, 0.2) is 11.5 Å². The molecule has 1 aromatic heterocycles. The molecule has 1 saturated heterocycles. The molecule has 0 spiro atoms. The number of methoxy groups -OCH3 is 3. The number of benzene rings is 1. The molecule has 8 heteroatoms. The molecule has 0 saturated carbocycles. The molecule has 0 bridgehead atoms. The number of hydrogen-bond acceptors (Lipinski definition) is 7. The lowest BCUT2D eigenvalue weighted by molar-refractivity contribution is 0.0631. The molecule has 170 valence electrons. The van der Waals surface area contributed by atoms with E-state index in [0.717, 1.165) is 47.2 Å². The van der Waals surface area contributed by atoms with Crippen molar-refractivity contribution >= 4 is 17.2 Å². The number of carbonyl (C=O) groups is 1. The third-order valence-electron chi connectivity index (χ3n) is 5.46. The third-order valence-corrected chi connectivity index (χ3v) is 6.62. The fraction of sp³-hybridized carbons (Fsp3) is 0.565. The normalized spacial score (nSPS) is 14.7. The summed E-state index contributed by atoms with van der Waals surface area (Å²) in [6.07, 6.45) is 0.916. The topological polar surface area (TPSA) is 64.1 Å². The van der Waals surface area contributed by atoms with Gasteiger partial charge in [-0.1, -0.05) is 19.9 Å². The van der Waals surface area contributed by atoms with Gasteiger partial charge < -0.3 is 19.1 Å². The predicted molar refractivity (Wildman–Crippen MR) is 123 cm³/mol. The van der Waals surface area contributed by atoms with Crippen LogP contribution in [0.25, 0.3) is 0 Å². The first kappa shape index (κ1) is 23.3. The number of thiazole rings is 1. The highest BCUT2D eigenvalue weighted by molar-refractivity contribution is 7.13. The molecule has 1 amide bonds. The van der Waals surface area contributed by atoms with Crippen LogP contribution in [0.5, 0.6) is 17.2 Å². The first-order valence-corrected chi connectivity index (χ1v) is 11.4. The molecule has 0 unspecified atom stereocenters. The fourth-order valence-corrected chi connectivity index (χ4v) is 5.11. The molecule has 7 nitrogen and oxygen atoms in total. The van der Waals surface area contributed by atoms with Gasteiger partial charge in [0.2, 0.25) is 5.75 Å². The van der Waals surface area contributed by atoms with Crippen molar-refractivity contribution in [2.45, 2.75) is 33.7 Å². The second kappa shape index (κ2) is 10.3. The Morgan fingerprint density at radius 1 is 1.06 bits per heavy atom. The predicted octanol–water partition coefficient (Wildman–Crippen LogP) is 3.63. The molecule has 2 heterocycles. The van der Waals surface area contributed by atoms with E-state index >= 15 is 0 Å². The Balaban J connectivity index is 1.64. The molecule has 0 atom stereocenters. The monoisotopic (exact) mass is 447 g/mol. The van der Waals surface area contributed by atoms with Gasteiger partial charge >= 0.3 is 0 Å². The van der Waals surface area contributed by atoms with E-state index in [1.807, 2.05) is 24.0 Å². The number of nitrogens with zero attached hydrogens (tertiary/aromatic N) is 3. The van der Waals surface area contributed by atoms with E-state index in [1.165, 1.54) is 0 Å². The summed E-state index contributed by atoms with van der Waals surface area (Å²) in [7, 11) is 4.87. The van der Waals surface area contributed by atoms with Crippen LogP contribution in [-0.2, 0) is 13.0 Å². The van der Waals surface area contributed by atoms with Crippen LogP contribution < -0.4 is 14.2 Å². The molecule has 1 aliphatic rings. The maximum absolute atomic E-state index is 13.1. The van der Waals surface area contributed by atoms with E-state index in [1.54, 1.807) is 32.7 Å². The summed E-state index contributed by atoms with van der Waals surface area (Å²) in [5.74, 6) is 2.58. The van der Waals surface area contributed by atoms with Crippen molar-refractivity contribution in [1.29, 1.82) is 0 Å². The summed E-state index contributed by atoms with van der Waals surface area (Å²) in [5.41, 5.74) is 1.89. The van der Waals surface area contributed by atoms with Crippen LogP contribution >= 0.6 is 11.3 Å². The van der Waals surface area contributed by atoms with Crippen LogP contribution in [0.1, 0.15) is 39.8 Å². The summed E-state index contributed by atoms with van der Waals surface area (Å²) >= 11 is 1.55. The third kappa shape index (κ3) is 5.30. The molecule has 31 heavy (non-hydrogen) atoms. The Morgan fingerprint density at radius 2 is 1.74 bits per heavy atom. The minimum absolute atomic E-state index is 0.105. The molecule has 3 rings (SSSR count). The number of piperazine rings is 1. The number of hydrogen-bond donors (Lipinski definition) is 0. The molecule has 2 aromatic rings. The quantitative estimate of drug-likeness (QED) is 0.616. The Bertz CT molecular complexity index is 904. The van der Waals surface area contributed by atoms with E-state index in [-0.39, 0.29) is 5.91 Å². The van der Waals surface area contributed by atoms with Crippen molar-refractivity contribution in [3.05, 3.63) is 33.3 Å². The second-order valence-electron chi connectivity index (χ2n) is 8.18. The van der Waals surface area contributed by atoms with Crippen LogP contribution in [0.4, 0.5) is 0 Å². The number of ether oxygens (including phenoxy) is 3. The average Bonchev–Trinajstić information content (AvgIpc) is 3.12. The molecule has 1 aliphatic heterocycles. The van der Waals surface area contributed by atoms with Crippen LogP contribution in [0, 0.1) is 12.8 Å². The summed E-state index contributed by atoms with van der Waals surface area (Å²) in [5, 5.41) is 1.05. The number of rotatable bonds is 8. The lowest BCUT2D eigenvalue weighted by atomic mass is 10.1. The molecular weight excluding hydrogens is 414 g/mol. The highest BCUT2D eigenvalue weighted by Gasteiger charge is 2.26. The maximum Gasteiger partial charge on any atom is 0.265 e. The molecule has 1 fully saturated rings. The van der Waals surface area contributed by atoms with Crippen LogP contribution in [-0.4, -0.2) is 68.2 Å². The van der Waals surface area contributed by atoms with Crippen molar-refractivity contribution in [3.63, 3.8) is 0 Å². The van der Waals surface area contributed by atoms with E-state index in [2.05, 4.69) is 23.7 Å². The second-order valence-corrected chi connectivity index (χ2v) is 9.27. The maximum atomic E-state index is 13.1. The molecule has 0 radical (unpaired) electrons. The minimum atomic E-state index is 0.105. The Labute approximate surface area is 188 Å². The first-order valence-electron chi connectivity index (χ1n) is 10.6. The van der Waals surface area contributed by atoms with Crippen LogP contribution in [0.15, 0.2) is 12.1 Å². The van der Waals surface area contributed by atoms with Crippen LogP contribution in [0.2, 0.25) is 0 Å². The lowest BCUT2D eigenvalue weighted by Gasteiger charge is -2.35. The zero-order valence-corrected chi connectivity index (χ0v) is 20.2. The molecular formula is C23H33N3O4S. The SMILES string of the molecule is COc1ccc(CN2CCN(C(=O)c3sc(CC(C)C)nc3C)CC2)c(OC)c1OC. The van der Waals surface area contributed by atoms with Gasteiger partial charge in [0.05, 0.1) is 32.0 Å². The highest BCUT2D eigenvalue weighted by atomic mass is 32.1. The molecule has 0 aliphatic carbocycles. The Kier molecular flexibility index (Phi) is 7.78. The zero-order valence-electron chi connectivity index (χ0n) is 19.4. The Hall–Kier alpha value is -2.32. The van der Waals surface area contributed by atoms with Gasteiger partial charge in [-0.15, -0.1) is 11.3 Å². The van der Waals surface area contributed by atoms with E-state index in [9.17, 15) is 4.79 Å². The van der Waals surface area contributed by atoms with Crippen molar-refractivity contribution in [2.24, 2.45) is 5.92 Å². The minimum Gasteiger partial charge on any atom is -0.493 e. The number of amides is 1. The smallest absolute Gasteiger partial charge is 0.265 e. The summed E-state index contributed by atoms with van der Waals surface area (Å²) in [6, 6.07) is 3.91. The van der Waals surface area contributed by atoms with Gasteiger partial charge in [-0.25, -0.2) is 4.98 Å². The fourth-order valence-electron chi connectivity index (χ4n) is 3.87. The Morgan fingerprint density at radius 3 is 2.32 bits per heavy atom. The van der Waals surface area contributed by atoms with E-state index in [0.29, 0.717) is 36.3 Å². The zero-order chi connectivity index (χ0) is 22.5. The number of aromatic nitrogens is 1.